The van der Waals surface area contributed by atoms with Crippen LogP contribution in [-0.4, -0.2) is 28.0 Å². The molecule has 3 nitrogen and oxygen atoms in total. The summed E-state index contributed by atoms with van der Waals surface area (Å²) in [7, 11) is 0. The minimum atomic E-state index is 0.386. The molecule has 2 heterocycles. The second-order valence-corrected chi connectivity index (χ2v) is 6.57. The van der Waals surface area contributed by atoms with Crippen LogP contribution in [0.5, 0.6) is 0 Å². The summed E-state index contributed by atoms with van der Waals surface area (Å²) in [5.74, 6) is 5.75. The van der Waals surface area contributed by atoms with Gasteiger partial charge in [-0.05, 0) is 37.2 Å². The topological polar surface area (TPSA) is 37.8 Å². The van der Waals surface area contributed by atoms with Crippen molar-refractivity contribution in [2.45, 2.75) is 39.5 Å². The molecule has 0 bridgehead atoms. The number of rotatable bonds is 4. The summed E-state index contributed by atoms with van der Waals surface area (Å²) in [5.41, 5.74) is 1.05. The Bertz CT molecular complexity index is 387. The standard InChI is InChI=1S/C14H23N3S/c1-10(2)14-16-11(3)8-13(17-14)15-9-12-4-6-18-7-5-12/h8,10,12H,4-7,9H2,1-3H3,(H,15,16,17). The zero-order valence-electron chi connectivity index (χ0n) is 11.6. The van der Waals surface area contributed by atoms with Gasteiger partial charge in [-0.15, -0.1) is 0 Å². The molecule has 0 radical (unpaired) electrons. The Kier molecular flexibility index (Phi) is 4.87. The number of hydrogen-bond acceptors (Lipinski definition) is 4. The third kappa shape index (κ3) is 3.87. The van der Waals surface area contributed by atoms with Gasteiger partial charge in [-0.25, -0.2) is 9.97 Å². The maximum atomic E-state index is 4.59. The molecule has 0 aromatic carbocycles. The molecule has 0 aliphatic carbocycles. The number of aromatic nitrogens is 2. The van der Waals surface area contributed by atoms with Crippen LogP contribution in [0.15, 0.2) is 6.07 Å². The molecule has 1 N–H and O–H groups in total. The van der Waals surface area contributed by atoms with Gasteiger partial charge in [-0.2, -0.15) is 11.8 Å². The number of nitrogens with one attached hydrogen (secondary N) is 1. The molecule has 1 saturated heterocycles. The highest BCUT2D eigenvalue weighted by Gasteiger charge is 2.14. The maximum absolute atomic E-state index is 4.59. The van der Waals surface area contributed by atoms with Crippen LogP contribution in [0.1, 0.15) is 44.1 Å². The Labute approximate surface area is 114 Å². The van der Waals surface area contributed by atoms with Gasteiger partial charge in [0.2, 0.25) is 0 Å². The lowest BCUT2D eigenvalue weighted by Gasteiger charge is -2.22. The number of nitrogens with zero attached hydrogens (tertiary/aromatic N) is 2. The lowest BCUT2D eigenvalue weighted by Crippen LogP contribution is -2.20. The number of hydrogen-bond donors (Lipinski definition) is 1. The summed E-state index contributed by atoms with van der Waals surface area (Å²) in [6.07, 6.45) is 2.66. The van der Waals surface area contributed by atoms with Crippen LogP contribution in [0.4, 0.5) is 5.82 Å². The van der Waals surface area contributed by atoms with Gasteiger partial charge in [0, 0.05) is 24.2 Å². The molecule has 1 aromatic heterocycles. The second kappa shape index (κ2) is 6.41. The summed E-state index contributed by atoms with van der Waals surface area (Å²) in [6.45, 7) is 7.36. The molecule has 0 amide bonds. The van der Waals surface area contributed by atoms with Crippen LogP contribution >= 0.6 is 11.8 Å². The van der Waals surface area contributed by atoms with E-state index in [9.17, 15) is 0 Å². The smallest absolute Gasteiger partial charge is 0.133 e. The Balaban J connectivity index is 1.95. The lowest BCUT2D eigenvalue weighted by molar-refractivity contribution is 0.515. The zero-order valence-corrected chi connectivity index (χ0v) is 12.4. The molecular weight excluding hydrogens is 242 g/mol. The second-order valence-electron chi connectivity index (χ2n) is 5.34. The van der Waals surface area contributed by atoms with Gasteiger partial charge >= 0.3 is 0 Å². The third-order valence-electron chi connectivity index (χ3n) is 3.30. The monoisotopic (exact) mass is 265 g/mol. The quantitative estimate of drug-likeness (QED) is 0.904. The molecular formula is C14H23N3S. The van der Waals surface area contributed by atoms with Crippen LogP contribution in [0.3, 0.4) is 0 Å². The molecule has 0 saturated carbocycles. The maximum Gasteiger partial charge on any atom is 0.133 e. The first kappa shape index (κ1) is 13.7. The average Bonchev–Trinajstić information content (AvgIpc) is 2.37. The number of aryl methyl sites for hydroxylation is 1. The Morgan fingerprint density at radius 1 is 1.33 bits per heavy atom. The summed E-state index contributed by atoms with van der Waals surface area (Å²) in [5, 5.41) is 3.49. The average molecular weight is 265 g/mol. The van der Waals surface area contributed by atoms with E-state index in [2.05, 4.69) is 40.9 Å². The fourth-order valence-corrected chi connectivity index (χ4v) is 3.34. The number of thioether (sulfide) groups is 1. The van der Waals surface area contributed by atoms with Crippen LogP contribution in [0.2, 0.25) is 0 Å². The molecule has 0 spiro atoms. The van der Waals surface area contributed by atoms with E-state index in [0.717, 1.165) is 29.8 Å². The van der Waals surface area contributed by atoms with Gasteiger partial charge < -0.3 is 5.32 Å². The van der Waals surface area contributed by atoms with E-state index in [4.69, 9.17) is 0 Å². The van der Waals surface area contributed by atoms with E-state index < -0.39 is 0 Å². The molecule has 2 rings (SSSR count). The summed E-state index contributed by atoms with van der Waals surface area (Å²) in [4.78, 5) is 9.06. The predicted molar refractivity (Wildman–Crippen MR) is 79.4 cm³/mol. The van der Waals surface area contributed by atoms with E-state index >= 15 is 0 Å². The van der Waals surface area contributed by atoms with Crippen LogP contribution in [0.25, 0.3) is 0 Å². The van der Waals surface area contributed by atoms with Crippen molar-refractivity contribution >= 4 is 17.6 Å². The van der Waals surface area contributed by atoms with Gasteiger partial charge in [-0.3, -0.25) is 0 Å². The van der Waals surface area contributed by atoms with Gasteiger partial charge in [0.1, 0.15) is 11.6 Å². The fraction of sp³-hybridized carbons (Fsp3) is 0.714. The van der Waals surface area contributed by atoms with Crippen molar-refractivity contribution in [2.24, 2.45) is 5.92 Å². The highest BCUT2D eigenvalue weighted by molar-refractivity contribution is 7.99. The molecule has 0 unspecified atom stereocenters. The highest BCUT2D eigenvalue weighted by Crippen LogP contribution is 2.23. The third-order valence-corrected chi connectivity index (χ3v) is 4.35. The minimum Gasteiger partial charge on any atom is -0.370 e. The highest BCUT2D eigenvalue weighted by atomic mass is 32.2. The lowest BCUT2D eigenvalue weighted by atomic mass is 10.0. The van der Waals surface area contributed by atoms with E-state index in [1.807, 2.05) is 13.0 Å². The minimum absolute atomic E-state index is 0.386. The van der Waals surface area contributed by atoms with Crippen molar-refractivity contribution < 1.29 is 0 Å². The molecule has 0 atom stereocenters. The predicted octanol–water partition coefficient (Wildman–Crippen LogP) is 3.46. The SMILES string of the molecule is Cc1cc(NCC2CCSCC2)nc(C(C)C)n1. The summed E-state index contributed by atoms with van der Waals surface area (Å²) < 4.78 is 0. The van der Waals surface area contributed by atoms with Crippen LogP contribution < -0.4 is 5.32 Å². The van der Waals surface area contributed by atoms with Gasteiger partial charge in [0.05, 0.1) is 0 Å². The van der Waals surface area contributed by atoms with E-state index in [1.54, 1.807) is 0 Å². The van der Waals surface area contributed by atoms with Crippen molar-refractivity contribution in [2.75, 3.05) is 23.4 Å². The Hall–Kier alpha value is -0.770. The van der Waals surface area contributed by atoms with Crippen molar-refractivity contribution in [3.05, 3.63) is 17.6 Å². The van der Waals surface area contributed by atoms with E-state index in [1.165, 1.54) is 24.3 Å². The van der Waals surface area contributed by atoms with Crippen LogP contribution in [0, 0.1) is 12.8 Å². The van der Waals surface area contributed by atoms with Crippen molar-refractivity contribution in [3.63, 3.8) is 0 Å². The molecule has 100 valence electrons. The first-order valence-corrected chi connectivity index (χ1v) is 7.98. The molecule has 1 aliphatic heterocycles. The van der Waals surface area contributed by atoms with E-state index in [-0.39, 0.29) is 0 Å². The summed E-state index contributed by atoms with van der Waals surface area (Å²) in [6, 6.07) is 2.05. The van der Waals surface area contributed by atoms with Crippen molar-refractivity contribution in [3.8, 4) is 0 Å². The largest absolute Gasteiger partial charge is 0.370 e. The first-order chi connectivity index (χ1) is 8.65. The Morgan fingerprint density at radius 2 is 2.06 bits per heavy atom. The molecule has 1 aliphatic rings. The molecule has 18 heavy (non-hydrogen) atoms. The van der Waals surface area contributed by atoms with Crippen molar-refractivity contribution in [1.82, 2.24) is 9.97 Å². The normalized spacial score (nSPS) is 17.1. The zero-order chi connectivity index (χ0) is 13.0. The number of anilines is 1. The fourth-order valence-electron chi connectivity index (χ4n) is 2.14. The van der Waals surface area contributed by atoms with Gasteiger partial charge in [0.15, 0.2) is 0 Å². The molecule has 1 aromatic rings. The summed E-state index contributed by atoms with van der Waals surface area (Å²) >= 11 is 2.08. The molecule has 4 heteroatoms. The van der Waals surface area contributed by atoms with Crippen LogP contribution in [-0.2, 0) is 0 Å². The van der Waals surface area contributed by atoms with Gasteiger partial charge in [0.25, 0.3) is 0 Å². The van der Waals surface area contributed by atoms with E-state index in [0.29, 0.717) is 5.92 Å². The first-order valence-electron chi connectivity index (χ1n) is 6.82. The molecule has 1 fully saturated rings. The van der Waals surface area contributed by atoms with Gasteiger partial charge in [-0.1, -0.05) is 13.8 Å². The van der Waals surface area contributed by atoms with Crippen molar-refractivity contribution in [1.29, 1.82) is 0 Å². The Morgan fingerprint density at radius 3 is 2.72 bits per heavy atom.